The summed E-state index contributed by atoms with van der Waals surface area (Å²) in [6, 6.07) is 49.5. The Labute approximate surface area is 301 Å². The zero-order valence-corrected chi connectivity index (χ0v) is 28.2. The molecule has 9 heteroatoms. The molecule has 0 atom stereocenters. The molecule has 0 radical (unpaired) electrons. The predicted molar refractivity (Wildman–Crippen MR) is 197 cm³/mol. The van der Waals surface area contributed by atoms with Gasteiger partial charge in [0.05, 0.1) is 12.0 Å². The Kier molecular flexibility index (Phi) is 15.0. The number of aliphatic carboxylic acids is 1. The Bertz CT molecular complexity index is 1960. The molecule has 0 saturated heterocycles. The highest BCUT2D eigenvalue weighted by Crippen LogP contribution is 2.19. The summed E-state index contributed by atoms with van der Waals surface area (Å²) < 4.78 is 16.6. The second-order valence-corrected chi connectivity index (χ2v) is 11.2. The molecule has 0 aliphatic rings. The van der Waals surface area contributed by atoms with E-state index in [4.69, 9.17) is 29.5 Å². The number of carbonyl (C=O) groups is 3. The van der Waals surface area contributed by atoms with Crippen LogP contribution in [0.2, 0.25) is 0 Å². The maximum absolute atomic E-state index is 11.0. The lowest BCUT2D eigenvalue weighted by Crippen LogP contribution is -2.02. The largest absolute Gasteiger partial charge is 0.489 e. The Hall–Kier alpha value is -6.87. The quantitative estimate of drug-likeness (QED) is 0.108. The van der Waals surface area contributed by atoms with E-state index in [2.05, 4.69) is 0 Å². The molecule has 0 saturated carbocycles. The van der Waals surface area contributed by atoms with Gasteiger partial charge in [-0.15, -0.1) is 0 Å². The van der Waals surface area contributed by atoms with Crippen LogP contribution in [0.4, 0.5) is 0 Å². The first-order chi connectivity index (χ1) is 25.3. The minimum atomic E-state index is -0.978. The van der Waals surface area contributed by atoms with Gasteiger partial charge in [-0.25, -0.2) is 9.59 Å². The highest BCUT2D eigenvalue weighted by Gasteiger charge is 2.10. The number of para-hydroxylation sites is 1. The molecular weight excluding hydrogens is 660 g/mol. The average molecular weight is 699 g/mol. The number of benzene rings is 6. The number of carboxylic acid groups (broad SMARTS) is 3. The van der Waals surface area contributed by atoms with Crippen molar-refractivity contribution in [3.63, 3.8) is 0 Å². The molecule has 0 aromatic heterocycles. The molecule has 9 nitrogen and oxygen atoms in total. The average Bonchev–Trinajstić information content (AvgIpc) is 3.18. The summed E-state index contributed by atoms with van der Waals surface area (Å²) in [5, 5.41) is 26.4. The van der Waals surface area contributed by atoms with Crippen molar-refractivity contribution in [1.29, 1.82) is 0 Å². The van der Waals surface area contributed by atoms with Crippen LogP contribution >= 0.6 is 0 Å². The summed E-state index contributed by atoms with van der Waals surface area (Å²) in [5.74, 6) is -0.933. The van der Waals surface area contributed by atoms with Crippen LogP contribution in [0.15, 0.2) is 164 Å². The molecule has 0 bridgehead atoms. The minimum absolute atomic E-state index is 0.0406. The number of aromatic carboxylic acids is 2. The van der Waals surface area contributed by atoms with Gasteiger partial charge >= 0.3 is 17.9 Å². The first-order valence-corrected chi connectivity index (χ1v) is 16.2. The third kappa shape index (κ3) is 13.6. The lowest BCUT2D eigenvalue weighted by molar-refractivity contribution is -0.136. The van der Waals surface area contributed by atoms with Gasteiger partial charge in [0.25, 0.3) is 0 Å². The van der Waals surface area contributed by atoms with Crippen LogP contribution in [0.3, 0.4) is 0 Å². The highest BCUT2D eigenvalue weighted by molar-refractivity contribution is 5.90. The molecule has 3 N–H and O–H groups in total. The molecule has 0 unspecified atom stereocenters. The van der Waals surface area contributed by atoms with Crippen molar-refractivity contribution >= 4 is 17.9 Å². The molecule has 6 rings (SSSR count). The van der Waals surface area contributed by atoms with Gasteiger partial charge in [-0.05, 0) is 70.8 Å². The lowest BCUT2D eigenvalue weighted by atomic mass is 10.1. The maximum Gasteiger partial charge on any atom is 0.339 e. The Morgan fingerprint density at radius 1 is 0.404 bits per heavy atom. The minimum Gasteiger partial charge on any atom is -0.489 e. The van der Waals surface area contributed by atoms with E-state index >= 15 is 0 Å². The van der Waals surface area contributed by atoms with E-state index in [9.17, 15) is 14.4 Å². The van der Waals surface area contributed by atoms with Crippen LogP contribution in [0.5, 0.6) is 17.2 Å². The molecule has 0 fully saturated rings. The van der Waals surface area contributed by atoms with Crippen molar-refractivity contribution in [1.82, 2.24) is 0 Å². The Balaban J connectivity index is 0.000000175. The summed E-state index contributed by atoms with van der Waals surface area (Å²) in [5.41, 5.74) is 4.41. The third-order valence-corrected chi connectivity index (χ3v) is 7.23. The molecule has 6 aromatic carbocycles. The topological polar surface area (TPSA) is 140 Å². The number of hydrogen-bond donors (Lipinski definition) is 3. The van der Waals surface area contributed by atoms with Gasteiger partial charge in [0.15, 0.2) is 0 Å². The van der Waals surface area contributed by atoms with E-state index in [-0.39, 0.29) is 17.5 Å². The van der Waals surface area contributed by atoms with E-state index in [0.717, 1.165) is 28.0 Å². The molecule has 6 aromatic rings. The summed E-state index contributed by atoms with van der Waals surface area (Å²) in [6.45, 7) is 1.36. The molecule has 264 valence electrons. The van der Waals surface area contributed by atoms with E-state index in [1.807, 2.05) is 91.0 Å². The maximum atomic E-state index is 11.0. The van der Waals surface area contributed by atoms with Gasteiger partial charge in [-0.1, -0.05) is 115 Å². The Morgan fingerprint density at radius 3 is 1.23 bits per heavy atom. The molecule has 0 spiro atoms. The van der Waals surface area contributed by atoms with Crippen molar-refractivity contribution in [2.24, 2.45) is 0 Å². The van der Waals surface area contributed by atoms with Crippen molar-refractivity contribution < 1.29 is 43.9 Å². The summed E-state index contributed by atoms with van der Waals surface area (Å²) in [7, 11) is 0. The number of ether oxygens (including phenoxy) is 3. The van der Waals surface area contributed by atoms with Crippen LogP contribution in [-0.4, -0.2) is 33.2 Å². The van der Waals surface area contributed by atoms with Crippen LogP contribution in [0.25, 0.3) is 0 Å². The standard InChI is InChI=1S/C15H14O3.2C14H12O3/c16-15(17)10-12-6-8-14(9-7-12)18-11-13-4-2-1-3-5-13;15-14(16)12-8-4-5-9-13(12)17-10-11-6-2-1-3-7-11;15-14(16)12-6-8-13(9-7-12)17-10-11-4-2-1-3-5-11/h1-9H,10-11H2,(H,16,17);2*1-9H,10H2,(H,15,16). The first kappa shape index (κ1) is 37.9. The second-order valence-electron chi connectivity index (χ2n) is 11.2. The van der Waals surface area contributed by atoms with Gasteiger partial charge in [-0.2, -0.15) is 0 Å². The predicted octanol–water partition coefficient (Wildman–Crippen LogP) is 8.82. The third-order valence-electron chi connectivity index (χ3n) is 7.23. The monoisotopic (exact) mass is 698 g/mol. The molecule has 0 aliphatic heterocycles. The van der Waals surface area contributed by atoms with E-state index in [1.165, 1.54) is 18.2 Å². The highest BCUT2D eigenvalue weighted by atomic mass is 16.5. The Morgan fingerprint density at radius 2 is 0.808 bits per heavy atom. The van der Waals surface area contributed by atoms with E-state index < -0.39 is 17.9 Å². The summed E-state index contributed by atoms with van der Waals surface area (Å²) >= 11 is 0. The van der Waals surface area contributed by atoms with Gasteiger partial charge in [0.1, 0.15) is 42.6 Å². The van der Waals surface area contributed by atoms with Crippen molar-refractivity contribution in [2.75, 3.05) is 0 Å². The smallest absolute Gasteiger partial charge is 0.339 e. The van der Waals surface area contributed by atoms with Gasteiger partial charge < -0.3 is 29.5 Å². The zero-order chi connectivity index (χ0) is 37.0. The first-order valence-electron chi connectivity index (χ1n) is 16.2. The normalized spacial score (nSPS) is 9.92. The number of hydrogen-bond acceptors (Lipinski definition) is 6. The van der Waals surface area contributed by atoms with Gasteiger partial charge in [0.2, 0.25) is 0 Å². The fourth-order valence-electron chi connectivity index (χ4n) is 4.56. The lowest BCUT2D eigenvalue weighted by Gasteiger charge is -2.08. The second kappa shape index (κ2) is 20.6. The fraction of sp³-hybridized carbons (Fsp3) is 0.0930. The SMILES string of the molecule is O=C(O)Cc1ccc(OCc2ccccc2)cc1.O=C(O)c1ccc(OCc2ccccc2)cc1.O=C(O)c1ccccc1OCc1ccccc1. The fourth-order valence-corrected chi connectivity index (χ4v) is 4.56. The van der Waals surface area contributed by atoms with Crippen LogP contribution in [0, 0.1) is 0 Å². The summed E-state index contributed by atoms with van der Waals surface area (Å²) in [4.78, 5) is 32.1. The molecule has 0 aliphatic carbocycles. The van der Waals surface area contributed by atoms with Gasteiger partial charge in [-0.3, -0.25) is 4.79 Å². The summed E-state index contributed by atoms with van der Waals surface area (Å²) in [6.07, 6.45) is 0.0406. The number of carboxylic acids is 3. The van der Waals surface area contributed by atoms with Crippen LogP contribution in [-0.2, 0) is 31.0 Å². The van der Waals surface area contributed by atoms with E-state index in [0.29, 0.717) is 31.3 Å². The van der Waals surface area contributed by atoms with Crippen LogP contribution in [0.1, 0.15) is 43.0 Å². The molecule has 0 amide bonds. The molecular formula is C43H38O9. The number of rotatable bonds is 13. The zero-order valence-electron chi connectivity index (χ0n) is 28.2. The molecule has 0 heterocycles. The van der Waals surface area contributed by atoms with Crippen molar-refractivity contribution in [3.8, 4) is 17.2 Å². The van der Waals surface area contributed by atoms with Crippen molar-refractivity contribution in [2.45, 2.75) is 26.2 Å². The van der Waals surface area contributed by atoms with E-state index in [1.54, 1.807) is 54.6 Å². The van der Waals surface area contributed by atoms with Crippen LogP contribution < -0.4 is 14.2 Å². The molecule has 52 heavy (non-hydrogen) atoms. The van der Waals surface area contributed by atoms with Crippen molar-refractivity contribution in [3.05, 3.63) is 197 Å². The van der Waals surface area contributed by atoms with Gasteiger partial charge in [0, 0.05) is 0 Å².